The number of nitrogens with one attached hydrogen (secondary N) is 1. The summed E-state index contributed by atoms with van der Waals surface area (Å²) in [6.45, 7) is 5.10. The number of nitrogens with zero attached hydrogens (tertiary/aromatic N) is 2. The number of piperazine rings is 1. The number of piperidine rings is 1. The fraction of sp³-hybridized carbons (Fsp3) is 1.00. The van der Waals surface area contributed by atoms with E-state index in [2.05, 4.69) is 10.2 Å². The highest BCUT2D eigenvalue weighted by atomic mass is 32.2. The van der Waals surface area contributed by atoms with Crippen LogP contribution >= 0.6 is 0 Å². The molecular weight excluding hydrogens is 324 g/mol. The quantitative estimate of drug-likeness (QED) is 0.832. The lowest BCUT2D eigenvalue weighted by atomic mass is 9.96. The molecule has 23 heavy (non-hydrogen) atoms. The molecule has 3 fully saturated rings. The molecule has 0 radical (unpaired) electrons. The van der Waals surface area contributed by atoms with Crippen LogP contribution in [-0.2, 0) is 10.0 Å². The monoisotopic (exact) mass is 351 g/mol. The molecular formula is C15H27F2N3O2S. The average molecular weight is 351 g/mol. The predicted octanol–water partition coefficient (Wildman–Crippen LogP) is 1.26. The van der Waals surface area contributed by atoms with Crippen LogP contribution in [0.2, 0.25) is 0 Å². The number of alkyl halides is 2. The zero-order chi connectivity index (χ0) is 16.5. The first-order valence-electron chi connectivity index (χ1n) is 8.70. The minimum Gasteiger partial charge on any atom is -0.314 e. The van der Waals surface area contributed by atoms with Gasteiger partial charge in [-0.25, -0.2) is 21.5 Å². The highest BCUT2D eigenvalue weighted by molar-refractivity contribution is 7.89. The van der Waals surface area contributed by atoms with Gasteiger partial charge in [0.2, 0.25) is 15.9 Å². The molecule has 2 aliphatic heterocycles. The molecule has 0 amide bonds. The number of hydrogen-bond donors (Lipinski definition) is 1. The number of hydrogen-bond acceptors (Lipinski definition) is 4. The van der Waals surface area contributed by atoms with E-state index in [0.29, 0.717) is 19.1 Å². The van der Waals surface area contributed by atoms with Gasteiger partial charge in [0.15, 0.2) is 0 Å². The SMILES string of the molecule is O=S(=O)(C1CCC(F)(F)CC1)N1CCC(N2CCNCC2)CC1. The summed E-state index contributed by atoms with van der Waals surface area (Å²) in [5.41, 5.74) is 0. The topological polar surface area (TPSA) is 52.7 Å². The van der Waals surface area contributed by atoms with Crippen molar-refractivity contribution in [2.24, 2.45) is 0 Å². The Balaban J connectivity index is 1.54. The van der Waals surface area contributed by atoms with Crippen molar-refractivity contribution in [3.05, 3.63) is 0 Å². The Morgan fingerprint density at radius 1 is 0.913 bits per heavy atom. The van der Waals surface area contributed by atoms with Crippen molar-refractivity contribution >= 4 is 10.0 Å². The summed E-state index contributed by atoms with van der Waals surface area (Å²) in [5, 5.41) is 2.71. The molecule has 0 aromatic rings. The van der Waals surface area contributed by atoms with Gasteiger partial charge in [0.1, 0.15) is 0 Å². The Kier molecular flexibility index (Phi) is 5.25. The highest BCUT2D eigenvalue weighted by Crippen LogP contribution is 2.37. The van der Waals surface area contributed by atoms with Gasteiger partial charge < -0.3 is 5.32 Å². The minimum absolute atomic E-state index is 0.0903. The van der Waals surface area contributed by atoms with E-state index in [1.165, 1.54) is 0 Å². The molecule has 3 rings (SSSR count). The zero-order valence-corrected chi connectivity index (χ0v) is 14.3. The molecule has 0 unspecified atom stereocenters. The van der Waals surface area contributed by atoms with Crippen molar-refractivity contribution in [1.29, 1.82) is 0 Å². The van der Waals surface area contributed by atoms with Gasteiger partial charge in [0.05, 0.1) is 5.25 Å². The fourth-order valence-corrected chi connectivity index (χ4v) is 6.00. The molecule has 0 aromatic heterocycles. The van der Waals surface area contributed by atoms with Gasteiger partial charge in [-0.2, -0.15) is 0 Å². The van der Waals surface area contributed by atoms with E-state index in [4.69, 9.17) is 0 Å². The second kappa shape index (κ2) is 6.90. The molecule has 2 saturated heterocycles. The highest BCUT2D eigenvalue weighted by Gasteiger charge is 2.42. The maximum absolute atomic E-state index is 13.2. The molecule has 2 heterocycles. The Hall–Kier alpha value is -0.310. The van der Waals surface area contributed by atoms with Gasteiger partial charge in [0, 0.05) is 58.2 Å². The van der Waals surface area contributed by atoms with Crippen LogP contribution in [-0.4, -0.2) is 74.1 Å². The summed E-state index contributed by atoms with van der Waals surface area (Å²) in [6.07, 6.45) is 1.28. The lowest BCUT2D eigenvalue weighted by molar-refractivity contribution is -0.0331. The van der Waals surface area contributed by atoms with Crippen LogP contribution in [0.4, 0.5) is 8.78 Å². The molecule has 1 saturated carbocycles. The second-order valence-corrected chi connectivity index (χ2v) is 9.23. The maximum Gasteiger partial charge on any atom is 0.248 e. The van der Waals surface area contributed by atoms with E-state index in [0.717, 1.165) is 39.0 Å². The molecule has 0 bridgehead atoms. The summed E-state index contributed by atoms with van der Waals surface area (Å²) in [7, 11) is -3.42. The van der Waals surface area contributed by atoms with Gasteiger partial charge >= 0.3 is 0 Å². The average Bonchev–Trinajstić information content (AvgIpc) is 2.55. The van der Waals surface area contributed by atoms with E-state index in [-0.39, 0.29) is 25.7 Å². The third-order valence-electron chi connectivity index (χ3n) is 5.54. The Bertz CT molecular complexity index is 491. The summed E-state index contributed by atoms with van der Waals surface area (Å²) in [5.74, 6) is -2.68. The van der Waals surface area contributed by atoms with Crippen molar-refractivity contribution in [3.63, 3.8) is 0 Å². The van der Waals surface area contributed by atoms with Crippen LogP contribution in [0.5, 0.6) is 0 Å². The van der Waals surface area contributed by atoms with Crippen molar-refractivity contribution < 1.29 is 17.2 Å². The Labute approximate surface area is 137 Å². The number of sulfonamides is 1. The van der Waals surface area contributed by atoms with Gasteiger partial charge in [-0.3, -0.25) is 4.90 Å². The van der Waals surface area contributed by atoms with Gasteiger partial charge in [-0.05, 0) is 25.7 Å². The summed E-state index contributed by atoms with van der Waals surface area (Å²) >= 11 is 0. The largest absolute Gasteiger partial charge is 0.314 e. The van der Waals surface area contributed by atoms with E-state index in [9.17, 15) is 17.2 Å². The smallest absolute Gasteiger partial charge is 0.248 e. The molecule has 0 spiro atoms. The van der Waals surface area contributed by atoms with Gasteiger partial charge in [-0.15, -0.1) is 0 Å². The van der Waals surface area contributed by atoms with Gasteiger partial charge in [0.25, 0.3) is 0 Å². The van der Waals surface area contributed by atoms with Crippen LogP contribution in [0.3, 0.4) is 0 Å². The molecule has 0 atom stereocenters. The first-order chi connectivity index (χ1) is 10.9. The summed E-state index contributed by atoms with van der Waals surface area (Å²) < 4.78 is 53.4. The van der Waals surface area contributed by atoms with Crippen LogP contribution in [0.15, 0.2) is 0 Å². The van der Waals surface area contributed by atoms with E-state index in [1.54, 1.807) is 4.31 Å². The lowest BCUT2D eigenvalue weighted by Gasteiger charge is -2.41. The first kappa shape index (κ1) is 17.5. The van der Waals surface area contributed by atoms with Crippen molar-refractivity contribution in [3.8, 4) is 0 Å². The van der Waals surface area contributed by atoms with Crippen molar-refractivity contribution in [2.45, 2.75) is 55.7 Å². The minimum atomic E-state index is -3.42. The first-order valence-corrected chi connectivity index (χ1v) is 10.2. The third kappa shape index (κ3) is 4.03. The van der Waals surface area contributed by atoms with Gasteiger partial charge in [-0.1, -0.05) is 0 Å². The zero-order valence-electron chi connectivity index (χ0n) is 13.5. The summed E-state index contributed by atoms with van der Waals surface area (Å²) in [4.78, 5) is 2.45. The molecule has 1 aliphatic carbocycles. The van der Waals surface area contributed by atoms with Crippen molar-refractivity contribution in [1.82, 2.24) is 14.5 Å². The van der Waals surface area contributed by atoms with Crippen LogP contribution in [0.25, 0.3) is 0 Å². The van der Waals surface area contributed by atoms with Crippen LogP contribution in [0, 0.1) is 0 Å². The van der Waals surface area contributed by atoms with Crippen LogP contribution in [0.1, 0.15) is 38.5 Å². The maximum atomic E-state index is 13.2. The van der Waals surface area contributed by atoms with E-state index >= 15 is 0 Å². The molecule has 134 valence electrons. The third-order valence-corrected chi connectivity index (χ3v) is 7.94. The summed E-state index contributed by atoms with van der Waals surface area (Å²) in [6, 6.07) is 0.458. The predicted molar refractivity (Wildman–Crippen MR) is 85.2 cm³/mol. The molecule has 5 nitrogen and oxygen atoms in total. The standard InChI is InChI=1S/C15H27F2N3O2S/c16-15(17)5-1-14(2-6-15)23(21,22)20-9-3-13(4-10-20)19-11-7-18-8-12-19/h13-14,18H,1-12H2. The fourth-order valence-electron chi connectivity index (χ4n) is 4.03. The molecule has 0 aromatic carbocycles. The number of rotatable bonds is 3. The normalized spacial score (nSPS) is 29.7. The van der Waals surface area contributed by atoms with E-state index < -0.39 is 21.2 Å². The van der Waals surface area contributed by atoms with Crippen molar-refractivity contribution in [2.75, 3.05) is 39.3 Å². The van der Waals surface area contributed by atoms with E-state index in [1.807, 2.05) is 0 Å². The number of halogens is 2. The molecule has 3 aliphatic rings. The second-order valence-electron chi connectivity index (χ2n) is 7.02. The molecule has 1 N–H and O–H groups in total. The molecule has 8 heteroatoms. The Morgan fingerprint density at radius 3 is 2.04 bits per heavy atom. The van der Waals surface area contributed by atoms with Crippen LogP contribution < -0.4 is 5.32 Å². The Morgan fingerprint density at radius 2 is 1.48 bits per heavy atom. The lowest BCUT2D eigenvalue weighted by Crippen LogP contribution is -2.53.